The molecule has 0 unspecified atom stereocenters. The Kier molecular flexibility index (Phi) is 4.96. The number of alkyl halides is 2. The smallest absolute Gasteiger partial charge is 0.255 e. The molecule has 0 spiro atoms. The second-order valence-corrected chi connectivity index (χ2v) is 3.80. The number of nitrogens with zero attached hydrogens (tertiary/aromatic N) is 2. The third-order valence-corrected chi connectivity index (χ3v) is 2.40. The van der Waals surface area contributed by atoms with E-state index in [2.05, 4.69) is 0 Å². The number of pyridine rings is 1. The molecule has 0 aliphatic rings. The lowest BCUT2D eigenvalue weighted by atomic mass is 10.2. The molecule has 0 aliphatic carbocycles. The van der Waals surface area contributed by atoms with Gasteiger partial charge in [-0.25, -0.2) is 8.78 Å². The summed E-state index contributed by atoms with van der Waals surface area (Å²) < 4.78 is 25.9. The van der Waals surface area contributed by atoms with Crippen molar-refractivity contribution in [3.63, 3.8) is 0 Å². The van der Waals surface area contributed by atoms with Gasteiger partial charge in [0.15, 0.2) is 0 Å². The van der Waals surface area contributed by atoms with Crippen molar-refractivity contribution in [2.24, 2.45) is 12.8 Å². The lowest BCUT2D eigenvalue weighted by Crippen LogP contribution is -2.39. The van der Waals surface area contributed by atoms with Gasteiger partial charge in [0.2, 0.25) is 0 Å². The molecule has 0 aromatic carbocycles. The van der Waals surface area contributed by atoms with E-state index in [4.69, 9.17) is 5.73 Å². The highest BCUT2D eigenvalue weighted by Crippen LogP contribution is 2.05. The van der Waals surface area contributed by atoms with Gasteiger partial charge in [-0.2, -0.15) is 0 Å². The minimum absolute atomic E-state index is 0.0262. The molecule has 0 aliphatic heterocycles. The Morgan fingerprint density at radius 1 is 1.56 bits per heavy atom. The highest BCUT2D eigenvalue weighted by atomic mass is 19.3. The zero-order valence-corrected chi connectivity index (χ0v) is 9.97. The second-order valence-electron chi connectivity index (χ2n) is 3.80. The Labute approximate surface area is 103 Å². The zero-order valence-electron chi connectivity index (χ0n) is 9.97. The molecule has 0 radical (unpaired) electrons. The molecule has 1 amide bonds. The number of rotatable bonds is 5. The average molecular weight is 259 g/mol. The first-order valence-electron chi connectivity index (χ1n) is 5.40. The zero-order chi connectivity index (χ0) is 13.7. The maximum Gasteiger partial charge on any atom is 0.255 e. The molecular formula is C11H15F2N3O2. The second kappa shape index (κ2) is 6.25. The highest BCUT2D eigenvalue weighted by molar-refractivity contribution is 5.94. The molecule has 1 rings (SSSR count). The van der Waals surface area contributed by atoms with Gasteiger partial charge in [0, 0.05) is 38.0 Å². The predicted octanol–water partition coefficient (Wildman–Crippen LogP) is 0.0513. The molecule has 2 N–H and O–H groups in total. The van der Waals surface area contributed by atoms with Crippen LogP contribution in [0.25, 0.3) is 0 Å². The standard InChI is InChI=1S/C11H15F2N3O2/c1-15-4-2-8(6-10(15)17)11(18)16(5-3-14)7-9(12)13/h2,4,6,9H,3,5,7,14H2,1H3. The summed E-state index contributed by atoms with van der Waals surface area (Å²) in [5, 5.41) is 0. The number of nitrogens with two attached hydrogens (primary N) is 1. The van der Waals surface area contributed by atoms with Crippen LogP contribution in [0.4, 0.5) is 8.78 Å². The topological polar surface area (TPSA) is 68.3 Å². The third kappa shape index (κ3) is 3.63. The molecular weight excluding hydrogens is 244 g/mol. The first-order valence-corrected chi connectivity index (χ1v) is 5.40. The van der Waals surface area contributed by atoms with Crippen molar-refractivity contribution >= 4 is 5.91 Å². The lowest BCUT2D eigenvalue weighted by Gasteiger charge is -2.21. The molecule has 100 valence electrons. The van der Waals surface area contributed by atoms with E-state index in [9.17, 15) is 18.4 Å². The number of hydrogen-bond acceptors (Lipinski definition) is 3. The highest BCUT2D eigenvalue weighted by Gasteiger charge is 2.19. The molecule has 1 aromatic heterocycles. The summed E-state index contributed by atoms with van der Waals surface area (Å²) in [7, 11) is 1.54. The van der Waals surface area contributed by atoms with Gasteiger partial charge in [-0.05, 0) is 6.07 Å². The minimum Gasteiger partial charge on any atom is -0.332 e. The van der Waals surface area contributed by atoms with Gasteiger partial charge in [0.1, 0.15) is 0 Å². The van der Waals surface area contributed by atoms with Crippen LogP contribution < -0.4 is 11.3 Å². The van der Waals surface area contributed by atoms with E-state index in [1.54, 1.807) is 0 Å². The quantitative estimate of drug-likeness (QED) is 0.812. The van der Waals surface area contributed by atoms with Gasteiger partial charge in [-0.3, -0.25) is 9.59 Å². The molecule has 18 heavy (non-hydrogen) atoms. The fraction of sp³-hybridized carbons (Fsp3) is 0.455. The summed E-state index contributed by atoms with van der Waals surface area (Å²) in [6, 6.07) is 2.54. The van der Waals surface area contributed by atoms with Crippen molar-refractivity contribution in [2.45, 2.75) is 6.43 Å². The van der Waals surface area contributed by atoms with Gasteiger partial charge in [0.25, 0.3) is 17.9 Å². The van der Waals surface area contributed by atoms with E-state index in [0.29, 0.717) is 0 Å². The Hall–Kier alpha value is -1.76. The number of carbonyl (C=O) groups excluding carboxylic acids is 1. The molecule has 1 aromatic rings. The van der Waals surface area contributed by atoms with Gasteiger partial charge in [-0.1, -0.05) is 0 Å². The van der Waals surface area contributed by atoms with Crippen molar-refractivity contribution < 1.29 is 13.6 Å². The van der Waals surface area contributed by atoms with Crippen molar-refractivity contribution in [1.29, 1.82) is 0 Å². The number of halogens is 2. The van der Waals surface area contributed by atoms with Crippen molar-refractivity contribution in [2.75, 3.05) is 19.6 Å². The van der Waals surface area contributed by atoms with E-state index in [0.717, 1.165) is 11.0 Å². The Balaban J connectivity index is 2.94. The Bertz CT molecular complexity index is 474. The maximum atomic E-state index is 12.3. The molecule has 0 saturated heterocycles. The number of aryl methyl sites for hydroxylation is 1. The fourth-order valence-corrected chi connectivity index (χ4v) is 1.46. The van der Waals surface area contributed by atoms with E-state index < -0.39 is 18.9 Å². The largest absolute Gasteiger partial charge is 0.332 e. The van der Waals surface area contributed by atoms with Crippen molar-refractivity contribution in [3.8, 4) is 0 Å². The SMILES string of the molecule is Cn1ccc(C(=O)N(CCN)CC(F)F)cc1=O. The third-order valence-electron chi connectivity index (χ3n) is 2.40. The summed E-state index contributed by atoms with van der Waals surface area (Å²) >= 11 is 0. The molecule has 0 bridgehead atoms. The summed E-state index contributed by atoms with van der Waals surface area (Å²) in [5.41, 5.74) is 4.99. The molecule has 7 heteroatoms. The number of aromatic nitrogens is 1. The molecule has 0 saturated carbocycles. The summed E-state index contributed by atoms with van der Waals surface area (Å²) in [6.45, 7) is -0.576. The van der Waals surface area contributed by atoms with Crippen molar-refractivity contribution in [1.82, 2.24) is 9.47 Å². The van der Waals surface area contributed by atoms with Crippen LogP contribution in [0.1, 0.15) is 10.4 Å². The predicted molar refractivity (Wildman–Crippen MR) is 62.6 cm³/mol. The van der Waals surface area contributed by atoms with Gasteiger partial charge >= 0.3 is 0 Å². The molecule has 0 fully saturated rings. The van der Waals surface area contributed by atoms with Crippen LogP contribution in [0.5, 0.6) is 0 Å². The Morgan fingerprint density at radius 3 is 2.72 bits per heavy atom. The number of carbonyl (C=O) groups is 1. The summed E-state index contributed by atoms with van der Waals surface area (Å²) in [5.74, 6) is -0.613. The fourth-order valence-electron chi connectivity index (χ4n) is 1.46. The summed E-state index contributed by atoms with van der Waals surface area (Å²) in [4.78, 5) is 24.2. The first-order chi connectivity index (χ1) is 8.45. The maximum absolute atomic E-state index is 12.3. The van der Waals surface area contributed by atoms with E-state index in [1.165, 1.54) is 23.9 Å². The monoisotopic (exact) mass is 259 g/mol. The molecule has 1 heterocycles. The van der Waals surface area contributed by atoms with Crippen LogP contribution in [0.3, 0.4) is 0 Å². The minimum atomic E-state index is -2.63. The molecule has 5 nitrogen and oxygen atoms in total. The van der Waals surface area contributed by atoms with Crippen LogP contribution in [-0.4, -0.2) is 41.4 Å². The number of hydrogen-bond donors (Lipinski definition) is 1. The average Bonchev–Trinajstić information content (AvgIpc) is 2.31. The lowest BCUT2D eigenvalue weighted by molar-refractivity contribution is 0.0562. The first kappa shape index (κ1) is 14.3. The Morgan fingerprint density at radius 2 is 2.22 bits per heavy atom. The van der Waals surface area contributed by atoms with Gasteiger partial charge in [-0.15, -0.1) is 0 Å². The van der Waals surface area contributed by atoms with Gasteiger partial charge in [0.05, 0.1) is 6.54 Å². The van der Waals surface area contributed by atoms with Crippen LogP contribution in [0, 0.1) is 0 Å². The van der Waals surface area contributed by atoms with Crippen LogP contribution in [0.2, 0.25) is 0 Å². The normalized spacial score (nSPS) is 10.7. The van der Waals surface area contributed by atoms with Gasteiger partial charge < -0.3 is 15.2 Å². The van der Waals surface area contributed by atoms with Crippen LogP contribution >= 0.6 is 0 Å². The molecule has 0 atom stereocenters. The van der Waals surface area contributed by atoms with Crippen LogP contribution in [-0.2, 0) is 7.05 Å². The van der Waals surface area contributed by atoms with Crippen LogP contribution in [0.15, 0.2) is 23.1 Å². The summed E-state index contributed by atoms with van der Waals surface area (Å²) in [6.07, 6.45) is -1.22. The van der Waals surface area contributed by atoms with E-state index >= 15 is 0 Å². The number of amides is 1. The van der Waals surface area contributed by atoms with Crippen molar-refractivity contribution in [3.05, 3.63) is 34.2 Å². The van der Waals surface area contributed by atoms with E-state index in [1.807, 2.05) is 0 Å². The van der Waals surface area contributed by atoms with E-state index in [-0.39, 0.29) is 24.2 Å².